The van der Waals surface area contributed by atoms with E-state index in [9.17, 15) is 0 Å². The van der Waals surface area contributed by atoms with Crippen molar-refractivity contribution in [2.45, 2.75) is 114 Å². The first-order valence-corrected chi connectivity index (χ1v) is 16.2. The van der Waals surface area contributed by atoms with E-state index in [2.05, 4.69) is 66.5 Å². The number of hydrogen-bond acceptors (Lipinski definition) is 5. The Morgan fingerprint density at radius 1 is 1.11 bits per heavy atom. The molecule has 0 aromatic rings. The van der Waals surface area contributed by atoms with Crippen molar-refractivity contribution in [2.75, 3.05) is 25.4 Å². The van der Waals surface area contributed by atoms with Crippen molar-refractivity contribution in [3.8, 4) is 0 Å². The van der Waals surface area contributed by atoms with Crippen LogP contribution < -0.4 is 16.0 Å². The molecule has 6 heteroatoms. The molecule has 0 bridgehead atoms. The Kier molecular flexibility index (Phi) is 8.71. The molecule has 4 fully saturated rings. The molecule has 5 aliphatic rings. The second-order valence-corrected chi connectivity index (χ2v) is 15.1. The zero-order valence-corrected chi connectivity index (χ0v) is 24.3. The van der Waals surface area contributed by atoms with Crippen LogP contribution in [-0.4, -0.2) is 59.3 Å². The normalized spacial score (nSPS) is 40.9. The minimum Gasteiger partial charge on any atom is -0.388 e. The monoisotopic (exact) mass is 522 g/mol. The van der Waals surface area contributed by atoms with Gasteiger partial charge in [0.1, 0.15) is 5.50 Å². The largest absolute Gasteiger partial charge is 0.388 e. The maximum Gasteiger partial charge on any atom is 0.106 e. The molecule has 0 amide bonds. The van der Waals surface area contributed by atoms with Crippen molar-refractivity contribution in [1.82, 2.24) is 20.9 Å². The van der Waals surface area contributed by atoms with Crippen LogP contribution in [0.3, 0.4) is 0 Å². The lowest BCUT2D eigenvalue weighted by molar-refractivity contribution is 0.00458. The van der Waals surface area contributed by atoms with Gasteiger partial charge in [0.25, 0.3) is 0 Å². The third-order valence-corrected chi connectivity index (χ3v) is 11.7. The molecule has 5 unspecified atom stereocenters. The lowest BCUT2D eigenvalue weighted by atomic mass is 9.64. The van der Waals surface area contributed by atoms with Crippen molar-refractivity contribution < 1.29 is 0 Å². The number of nitrogens with one attached hydrogen (secondary N) is 3. The van der Waals surface area contributed by atoms with Gasteiger partial charge < -0.3 is 10.2 Å². The third kappa shape index (κ3) is 6.21. The van der Waals surface area contributed by atoms with Gasteiger partial charge in [0.05, 0.1) is 0 Å². The van der Waals surface area contributed by atoms with Crippen LogP contribution in [0.1, 0.15) is 85.5 Å². The fraction of sp³-hybridized carbons (Fsp3) is 0.931. The number of piperidine rings is 1. The smallest absolute Gasteiger partial charge is 0.106 e. The zero-order valence-electron chi connectivity index (χ0n) is 22.7. The van der Waals surface area contributed by atoms with Crippen LogP contribution in [0.15, 0.2) is 11.8 Å². The molecule has 2 saturated heterocycles. The van der Waals surface area contributed by atoms with Gasteiger partial charge in [-0.3, -0.25) is 10.6 Å². The number of rotatable bonds is 7. The average molecular weight is 523 g/mol. The molecule has 0 aromatic carbocycles. The first kappa shape index (κ1) is 26.7. The lowest BCUT2D eigenvalue weighted by Gasteiger charge is -2.49. The minimum atomic E-state index is 0.368. The minimum absolute atomic E-state index is 0.368. The quantitative estimate of drug-likeness (QED) is 0.369. The highest BCUT2D eigenvalue weighted by atomic mass is 35.5. The van der Waals surface area contributed by atoms with Gasteiger partial charge in [-0.25, -0.2) is 0 Å². The second kappa shape index (κ2) is 11.4. The highest BCUT2D eigenvalue weighted by molar-refractivity contribution is 8.00. The summed E-state index contributed by atoms with van der Waals surface area (Å²) in [5.41, 5.74) is 2.42. The van der Waals surface area contributed by atoms with Crippen molar-refractivity contribution in [3.63, 3.8) is 0 Å². The zero-order chi connectivity index (χ0) is 24.6. The van der Waals surface area contributed by atoms with Gasteiger partial charge in [0.2, 0.25) is 0 Å². The first-order valence-electron chi connectivity index (χ1n) is 14.8. The fourth-order valence-corrected chi connectivity index (χ4v) is 9.54. The molecule has 35 heavy (non-hydrogen) atoms. The van der Waals surface area contributed by atoms with Gasteiger partial charge >= 0.3 is 0 Å². The molecule has 0 aromatic heterocycles. The van der Waals surface area contributed by atoms with E-state index >= 15 is 0 Å². The van der Waals surface area contributed by atoms with E-state index in [-0.39, 0.29) is 0 Å². The summed E-state index contributed by atoms with van der Waals surface area (Å²) >= 11 is 8.50. The summed E-state index contributed by atoms with van der Waals surface area (Å²) in [4.78, 5) is 2.77. The first-order chi connectivity index (χ1) is 16.8. The number of alkyl halides is 1. The molecule has 0 radical (unpaired) electrons. The van der Waals surface area contributed by atoms with Crippen LogP contribution in [0.25, 0.3) is 0 Å². The molecule has 3 heterocycles. The van der Waals surface area contributed by atoms with Crippen molar-refractivity contribution in [1.29, 1.82) is 0 Å². The van der Waals surface area contributed by atoms with Gasteiger partial charge in [-0.1, -0.05) is 40.5 Å². The number of fused-ring (bicyclic) bond motifs is 1. The number of halogens is 1. The number of likely N-dealkylation sites (tertiary alicyclic amines) is 1. The van der Waals surface area contributed by atoms with Crippen LogP contribution in [0, 0.1) is 29.1 Å². The Labute approximate surface area is 224 Å². The van der Waals surface area contributed by atoms with Gasteiger partial charge in [-0.2, -0.15) is 0 Å². The third-order valence-electron chi connectivity index (χ3n) is 10.1. The number of hydrogen-bond donors (Lipinski definition) is 3. The maximum absolute atomic E-state index is 6.42. The van der Waals surface area contributed by atoms with Gasteiger partial charge in [-0.05, 0) is 86.4 Å². The number of nitrogens with zero attached hydrogens (tertiary/aromatic N) is 1. The molecule has 3 aliphatic heterocycles. The van der Waals surface area contributed by atoms with Crippen molar-refractivity contribution in [2.24, 2.45) is 29.1 Å². The van der Waals surface area contributed by atoms with E-state index in [4.69, 9.17) is 11.6 Å². The molecule has 200 valence electrons. The molecule has 5 rings (SSSR count). The summed E-state index contributed by atoms with van der Waals surface area (Å²) in [7, 11) is 0. The van der Waals surface area contributed by atoms with Gasteiger partial charge in [0, 0.05) is 48.3 Å². The van der Waals surface area contributed by atoms with Gasteiger partial charge in [-0.15, -0.1) is 23.4 Å². The highest BCUT2D eigenvalue weighted by Crippen LogP contribution is 2.45. The van der Waals surface area contributed by atoms with E-state index in [1.54, 1.807) is 5.57 Å². The molecule has 3 N–H and O–H groups in total. The molecule has 2 aliphatic carbocycles. The molecule has 6 atom stereocenters. The summed E-state index contributed by atoms with van der Waals surface area (Å²) in [6.45, 7) is 13.5. The Morgan fingerprint density at radius 3 is 2.63 bits per heavy atom. The predicted molar refractivity (Wildman–Crippen MR) is 152 cm³/mol. The fourth-order valence-electron chi connectivity index (χ4n) is 8.08. The molecule has 4 nitrogen and oxygen atoms in total. The highest BCUT2D eigenvalue weighted by Gasteiger charge is 2.42. The topological polar surface area (TPSA) is 39.3 Å². The molecule has 2 saturated carbocycles. The van der Waals surface area contributed by atoms with E-state index in [1.165, 1.54) is 83.2 Å². The molecular weight excluding hydrogens is 472 g/mol. The Hall–Kier alpha value is 0.0600. The Balaban J connectivity index is 1.13. The maximum atomic E-state index is 6.42. The lowest BCUT2D eigenvalue weighted by Crippen LogP contribution is -2.55. The van der Waals surface area contributed by atoms with E-state index < -0.39 is 0 Å². The van der Waals surface area contributed by atoms with Crippen molar-refractivity contribution >= 4 is 23.4 Å². The summed E-state index contributed by atoms with van der Waals surface area (Å²) in [6, 6.07) is 1.76. The molecular formula is C29H51ClN4S. The summed E-state index contributed by atoms with van der Waals surface area (Å²) in [5, 5.41) is 12.2. The number of thioether (sulfide) groups is 1. The SMILES string of the molecule is CC(C)[C@H](CN1CCC(C2CCC(Cl)CC2)C(C)(C)C1)NC1NC(C2=CNC3CCCCC23)CS1. The van der Waals surface area contributed by atoms with Crippen LogP contribution in [0.4, 0.5) is 0 Å². The van der Waals surface area contributed by atoms with Gasteiger partial charge in [0.15, 0.2) is 0 Å². The second-order valence-electron chi connectivity index (χ2n) is 13.4. The van der Waals surface area contributed by atoms with Crippen LogP contribution >= 0.6 is 23.4 Å². The van der Waals surface area contributed by atoms with Crippen LogP contribution in [-0.2, 0) is 0 Å². The standard InChI is InChI=1S/C29H51ClN4S/c1-19(2)26(16-34-14-13-24(29(3,4)18-34)20-9-11-21(30)12-10-20)32-28-33-27(17-35-28)23-15-31-25-8-6-5-7-22(23)25/h15,19-22,24-28,31-33H,5-14,16-18H2,1-4H3/t20?,21?,22?,24?,25?,26-,27?,28?/m0/s1. The Morgan fingerprint density at radius 2 is 1.89 bits per heavy atom. The van der Waals surface area contributed by atoms with E-state index in [0.717, 1.165) is 17.8 Å². The molecule has 0 spiro atoms. The van der Waals surface area contributed by atoms with E-state index in [0.29, 0.717) is 40.3 Å². The van der Waals surface area contributed by atoms with E-state index in [1.807, 2.05) is 0 Å². The average Bonchev–Trinajstić information content (AvgIpc) is 3.46. The predicted octanol–water partition coefficient (Wildman–Crippen LogP) is 5.78. The summed E-state index contributed by atoms with van der Waals surface area (Å²) in [5.74, 6) is 4.34. The van der Waals surface area contributed by atoms with Crippen LogP contribution in [0.2, 0.25) is 0 Å². The Bertz CT molecular complexity index is 734. The summed E-state index contributed by atoms with van der Waals surface area (Å²) < 4.78 is 0. The summed E-state index contributed by atoms with van der Waals surface area (Å²) in [6.07, 6.45) is 14.4. The van der Waals surface area contributed by atoms with Crippen LogP contribution in [0.5, 0.6) is 0 Å². The van der Waals surface area contributed by atoms with Crippen molar-refractivity contribution in [3.05, 3.63) is 11.8 Å².